The second-order valence-corrected chi connectivity index (χ2v) is 8.98. The number of ketones is 1. The molecule has 1 heterocycles. The molecule has 0 aliphatic heterocycles. The largest absolute Gasteiger partial charge is 0.382 e. The number of nitrogens with one attached hydrogen (secondary N) is 1. The van der Waals surface area contributed by atoms with Crippen molar-refractivity contribution in [1.29, 1.82) is 0 Å². The van der Waals surface area contributed by atoms with E-state index in [4.69, 9.17) is 23.2 Å². The lowest BCUT2D eigenvalue weighted by Crippen LogP contribution is -2.23. The molecular weight excluding hydrogens is 508 g/mol. The number of aromatic nitrogens is 2. The van der Waals surface area contributed by atoms with Crippen molar-refractivity contribution >= 4 is 50.6 Å². The highest BCUT2D eigenvalue weighted by Crippen LogP contribution is 2.39. The molecule has 0 radical (unpaired) electrons. The van der Waals surface area contributed by atoms with Gasteiger partial charge in [0.05, 0.1) is 17.3 Å². The highest BCUT2D eigenvalue weighted by molar-refractivity contribution is 9.10. The van der Waals surface area contributed by atoms with E-state index in [0.29, 0.717) is 26.7 Å². The summed E-state index contributed by atoms with van der Waals surface area (Å²) in [6, 6.07) is 11.2. The predicted octanol–water partition coefficient (Wildman–Crippen LogP) is 6.19. The first-order valence-corrected chi connectivity index (χ1v) is 11.3. The van der Waals surface area contributed by atoms with Gasteiger partial charge in [-0.05, 0) is 71.1 Å². The minimum absolute atomic E-state index is 0.0340. The van der Waals surface area contributed by atoms with Crippen molar-refractivity contribution in [2.45, 2.75) is 31.4 Å². The number of hydrogen-bond acceptors (Lipinski definition) is 4. The van der Waals surface area contributed by atoms with Crippen LogP contribution in [-0.2, 0) is 0 Å². The molecule has 2 N–H and O–H groups in total. The molecule has 31 heavy (non-hydrogen) atoms. The topological polar surface area (TPSA) is 67.2 Å². The lowest BCUT2D eigenvalue weighted by molar-refractivity contribution is 0.0995. The lowest BCUT2D eigenvalue weighted by Gasteiger charge is -2.30. The van der Waals surface area contributed by atoms with Gasteiger partial charge in [0, 0.05) is 16.8 Å². The number of carbonyl (C=O) groups is 1. The summed E-state index contributed by atoms with van der Waals surface area (Å²) in [6.07, 6.45) is 1.95. The highest BCUT2D eigenvalue weighted by atomic mass is 79.9. The van der Waals surface area contributed by atoms with Crippen LogP contribution in [0.2, 0.25) is 10.0 Å². The van der Waals surface area contributed by atoms with Gasteiger partial charge in [-0.25, -0.2) is 9.37 Å². The number of imidazole rings is 1. The van der Waals surface area contributed by atoms with Gasteiger partial charge in [0.1, 0.15) is 17.6 Å². The number of benzene rings is 2. The van der Waals surface area contributed by atoms with Crippen molar-refractivity contribution in [3.63, 3.8) is 0 Å². The first kappa shape index (κ1) is 22.3. The molecule has 4 rings (SSSR count). The van der Waals surface area contributed by atoms with E-state index in [2.05, 4.69) is 26.2 Å². The molecule has 1 aliphatic carbocycles. The normalized spacial score (nSPS) is 14.9. The number of hydrogen-bond donors (Lipinski definition) is 2. The fraction of sp³-hybridized carbons (Fsp3) is 0.273. The second kappa shape index (κ2) is 9.28. The van der Waals surface area contributed by atoms with Gasteiger partial charge in [-0.3, -0.25) is 4.79 Å². The summed E-state index contributed by atoms with van der Waals surface area (Å²) in [5, 5.41) is 14.6. The molecule has 5 nitrogen and oxygen atoms in total. The Bertz CT molecular complexity index is 1120. The number of Topliss-reactive ketones (excluding diaryl/α,β-unsaturated/α-hetero) is 1. The summed E-state index contributed by atoms with van der Waals surface area (Å²) in [5.41, 5.74) is 1.76. The van der Waals surface area contributed by atoms with Gasteiger partial charge in [0.25, 0.3) is 0 Å². The maximum Gasteiger partial charge on any atom is 0.202 e. The van der Waals surface area contributed by atoms with Crippen LogP contribution in [0.3, 0.4) is 0 Å². The zero-order valence-corrected chi connectivity index (χ0v) is 19.4. The summed E-state index contributed by atoms with van der Waals surface area (Å²) in [7, 11) is 0. The Balaban J connectivity index is 1.65. The fourth-order valence-electron chi connectivity index (χ4n) is 3.55. The number of aliphatic hydroxyl groups excluding tert-OH is 1. The van der Waals surface area contributed by atoms with E-state index in [9.17, 15) is 14.3 Å². The van der Waals surface area contributed by atoms with Crippen molar-refractivity contribution in [2.75, 3.05) is 11.9 Å². The lowest BCUT2D eigenvalue weighted by atomic mass is 9.92. The van der Waals surface area contributed by atoms with Gasteiger partial charge in [-0.15, -0.1) is 0 Å². The predicted molar refractivity (Wildman–Crippen MR) is 123 cm³/mol. The van der Waals surface area contributed by atoms with E-state index in [-0.39, 0.29) is 29.1 Å². The van der Waals surface area contributed by atoms with Crippen molar-refractivity contribution < 1.29 is 14.3 Å². The van der Waals surface area contributed by atoms with E-state index in [1.54, 1.807) is 24.3 Å². The van der Waals surface area contributed by atoms with Crippen LogP contribution in [0.15, 0.2) is 47.2 Å². The molecular formula is C22H19BrCl2FN3O2. The van der Waals surface area contributed by atoms with E-state index < -0.39 is 11.9 Å². The third-order valence-electron chi connectivity index (χ3n) is 5.43. The molecule has 1 aromatic heterocycles. The van der Waals surface area contributed by atoms with Crippen LogP contribution in [0.5, 0.6) is 0 Å². The van der Waals surface area contributed by atoms with Gasteiger partial charge in [-0.1, -0.05) is 35.3 Å². The van der Waals surface area contributed by atoms with Crippen LogP contribution in [0.25, 0.3) is 0 Å². The molecule has 9 heteroatoms. The van der Waals surface area contributed by atoms with Gasteiger partial charge in [0.2, 0.25) is 5.78 Å². The van der Waals surface area contributed by atoms with Crippen LogP contribution in [0, 0.1) is 5.82 Å². The Hall–Kier alpha value is -1.93. The fourth-order valence-corrected chi connectivity index (χ4v) is 4.52. The zero-order valence-electron chi connectivity index (χ0n) is 16.3. The summed E-state index contributed by atoms with van der Waals surface area (Å²) in [5.74, 6) is -0.836. The molecule has 0 spiro atoms. The molecule has 0 bridgehead atoms. The van der Waals surface area contributed by atoms with E-state index in [1.165, 1.54) is 18.2 Å². The molecule has 0 amide bonds. The molecule has 0 saturated heterocycles. The number of carbonyl (C=O) groups excluding carboxylic acids is 1. The molecule has 1 aliphatic rings. The molecule has 1 saturated carbocycles. The first-order chi connectivity index (χ1) is 14.8. The van der Waals surface area contributed by atoms with Crippen LogP contribution < -0.4 is 5.32 Å². The Morgan fingerprint density at radius 1 is 1.26 bits per heavy atom. The minimum atomic E-state index is -1.05. The summed E-state index contributed by atoms with van der Waals surface area (Å²) >= 11 is 15.3. The quantitative estimate of drug-likeness (QED) is 0.360. The molecule has 162 valence electrons. The standard InChI is InChI=1S/C22H19BrCl2FN3O2/c23-22-28-19(18(30)11-27-14-8-9-17(26)16(25)10-14)20(29(22)15-2-1-3-15)21(31)12-4-6-13(24)7-5-12/h4-10,15,21,27,31H,1-3,11H2. The maximum absolute atomic E-state index is 13.4. The van der Waals surface area contributed by atoms with Gasteiger partial charge >= 0.3 is 0 Å². The molecule has 1 atom stereocenters. The van der Waals surface area contributed by atoms with Crippen molar-refractivity contribution in [2.24, 2.45) is 0 Å². The van der Waals surface area contributed by atoms with E-state index >= 15 is 0 Å². The Labute approximate surface area is 197 Å². The monoisotopic (exact) mass is 525 g/mol. The summed E-state index contributed by atoms with van der Waals surface area (Å²) in [6.45, 7) is -0.0869. The van der Waals surface area contributed by atoms with Crippen LogP contribution in [0.1, 0.15) is 53.2 Å². The number of rotatable bonds is 7. The number of aliphatic hydroxyl groups is 1. The molecule has 2 aromatic carbocycles. The number of anilines is 1. The van der Waals surface area contributed by atoms with Crippen LogP contribution in [0.4, 0.5) is 10.1 Å². The van der Waals surface area contributed by atoms with Gasteiger partial charge < -0.3 is 15.0 Å². The third-order valence-corrected chi connectivity index (χ3v) is 6.53. The third kappa shape index (κ3) is 4.65. The average molecular weight is 527 g/mol. The molecule has 3 aromatic rings. The smallest absolute Gasteiger partial charge is 0.202 e. The Kier molecular flexibility index (Phi) is 6.67. The summed E-state index contributed by atoms with van der Waals surface area (Å²) in [4.78, 5) is 17.5. The second-order valence-electron chi connectivity index (χ2n) is 7.43. The highest BCUT2D eigenvalue weighted by Gasteiger charge is 2.32. The molecule has 1 fully saturated rings. The average Bonchev–Trinajstić information content (AvgIpc) is 3.04. The van der Waals surface area contributed by atoms with Crippen molar-refractivity contribution in [3.8, 4) is 0 Å². The van der Waals surface area contributed by atoms with Crippen molar-refractivity contribution in [1.82, 2.24) is 9.55 Å². The van der Waals surface area contributed by atoms with Crippen LogP contribution in [-0.4, -0.2) is 27.0 Å². The SMILES string of the molecule is O=C(CNc1ccc(F)c(Cl)c1)c1nc(Br)n(C2CCC2)c1C(O)c1ccc(Cl)cc1. The van der Waals surface area contributed by atoms with Crippen LogP contribution >= 0.6 is 39.1 Å². The zero-order chi connectivity index (χ0) is 22.1. The van der Waals surface area contributed by atoms with E-state index in [1.807, 2.05) is 4.57 Å². The minimum Gasteiger partial charge on any atom is -0.382 e. The summed E-state index contributed by atoms with van der Waals surface area (Å²) < 4.78 is 15.8. The number of nitrogens with zero attached hydrogens (tertiary/aromatic N) is 2. The number of halogens is 4. The molecule has 1 unspecified atom stereocenters. The Morgan fingerprint density at radius 2 is 1.97 bits per heavy atom. The first-order valence-electron chi connectivity index (χ1n) is 9.78. The maximum atomic E-state index is 13.4. The van der Waals surface area contributed by atoms with E-state index in [0.717, 1.165) is 19.3 Å². The van der Waals surface area contributed by atoms with Gasteiger partial charge in [0.15, 0.2) is 4.73 Å². The van der Waals surface area contributed by atoms with Crippen molar-refractivity contribution in [3.05, 3.63) is 80.0 Å². The van der Waals surface area contributed by atoms with Gasteiger partial charge in [-0.2, -0.15) is 0 Å². The Morgan fingerprint density at radius 3 is 2.58 bits per heavy atom.